The number of carbonyl (C=O) groups excluding carboxylic acids is 3. The Labute approximate surface area is 157 Å². The summed E-state index contributed by atoms with van der Waals surface area (Å²) < 4.78 is 5.32. The maximum absolute atomic E-state index is 12.3. The van der Waals surface area contributed by atoms with Crippen molar-refractivity contribution < 1.29 is 18.8 Å². The number of nitrogens with one attached hydrogen (secondary N) is 2. The zero-order valence-corrected chi connectivity index (χ0v) is 15.2. The lowest BCUT2D eigenvalue weighted by atomic mass is 10.0. The first-order valence-corrected chi connectivity index (χ1v) is 9.01. The van der Waals surface area contributed by atoms with Crippen molar-refractivity contribution in [3.8, 4) is 0 Å². The third kappa shape index (κ3) is 4.97. The molecule has 142 valence electrons. The van der Waals surface area contributed by atoms with Crippen LogP contribution in [0.3, 0.4) is 0 Å². The zero-order valence-electron chi connectivity index (χ0n) is 15.2. The molecule has 2 aromatic rings. The summed E-state index contributed by atoms with van der Waals surface area (Å²) in [5.74, 6) is 0.376. The minimum atomic E-state index is -0.264. The van der Waals surface area contributed by atoms with E-state index in [2.05, 4.69) is 10.6 Å². The van der Waals surface area contributed by atoms with E-state index in [4.69, 9.17) is 4.42 Å². The highest BCUT2D eigenvalue weighted by atomic mass is 16.3. The van der Waals surface area contributed by atoms with E-state index in [0.717, 1.165) is 0 Å². The van der Waals surface area contributed by atoms with Gasteiger partial charge in [0.1, 0.15) is 5.76 Å². The average molecular weight is 369 g/mol. The Kier molecular flexibility index (Phi) is 5.90. The number of hydrogen-bond donors (Lipinski definition) is 2. The number of aryl methyl sites for hydroxylation is 1. The van der Waals surface area contributed by atoms with E-state index in [1.54, 1.807) is 48.2 Å². The second-order valence-electron chi connectivity index (χ2n) is 6.59. The summed E-state index contributed by atoms with van der Waals surface area (Å²) in [4.78, 5) is 38.1. The van der Waals surface area contributed by atoms with Crippen LogP contribution in [0.2, 0.25) is 0 Å². The first kappa shape index (κ1) is 18.7. The van der Waals surface area contributed by atoms with Gasteiger partial charge in [-0.3, -0.25) is 14.4 Å². The number of nitrogens with zero attached hydrogens (tertiary/aromatic N) is 1. The lowest BCUT2D eigenvalue weighted by molar-refractivity contribution is -0.131. The molecule has 1 aliphatic rings. The third-order valence-corrected chi connectivity index (χ3v) is 4.58. The van der Waals surface area contributed by atoms with Crippen LogP contribution in [0.5, 0.6) is 0 Å². The molecule has 7 nitrogen and oxygen atoms in total. The van der Waals surface area contributed by atoms with Crippen molar-refractivity contribution in [1.29, 1.82) is 0 Å². The molecule has 1 aliphatic heterocycles. The Bertz CT molecular complexity index is 808. The quantitative estimate of drug-likeness (QED) is 0.840. The van der Waals surface area contributed by atoms with Gasteiger partial charge in [0.2, 0.25) is 5.91 Å². The van der Waals surface area contributed by atoms with Crippen LogP contribution in [-0.2, 0) is 4.79 Å². The van der Waals surface area contributed by atoms with Gasteiger partial charge < -0.3 is 20.0 Å². The van der Waals surface area contributed by atoms with Crippen molar-refractivity contribution in [3.05, 3.63) is 59.5 Å². The lowest BCUT2D eigenvalue weighted by Crippen LogP contribution is -2.49. The van der Waals surface area contributed by atoms with Crippen LogP contribution in [0.4, 0.5) is 0 Å². The summed E-state index contributed by atoms with van der Waals surface area (Å²) >= 11 is 0. The van der Waals surface area contributed by atoms with Gasteiger partial charge in [-0.2, -0.15) is 0 Å². The Morgan fingerprint density at radius 1 is 1.04 bits per heavy atom. The summed E-state index contributed by atoms with van der Waals surface area (Å²) in [6, 6.07) is 12.2. The summed E-state index contributed by atoms with van der Waals surface area (Å²) in [5, 5.41) is 5.59. The highest BCUT2D eigenvalue weighted by Crippen LogP contribution is 2.12. The molecule has 0 saturated carbocycles. The van der Waals surface area contributed by atoms with Crippen LogP contribution in [0.25, 0.3) is 0 Å². The summed E-state index contributed by atoms with van der Waals surface area (Å²) in [6.45, 7) is 2.85. The van der Waals surface area contributed by atoms with Gasteiger partial charge in [0.15, 0.2) is 5.76 Å². The Morgan fingerprint density at radius 2 is 1.74 bits per heavy atom. The molecule has 3 rings (SSSR count). The van der Waals surface area contributed by atoms with E-state index in [9.17, 15) is 14.4 Å². The number of likely N-dealkylation sites (tertiary alicyclic amines) is 1. The van der Waals surface area contributed by atoms with E-state index in [0.29, 0.717) is 43.0 Å². The topological polar surface area (TPSA) is 91.7 Å². The van der Waals surface area contributed by atoms with E-state index in [1.165, 1.54) is 0 Å². The van der Waals surface area contributed by atoms with E-state index >= 15 is 0 Å². The molecule has 3 amide bonds. The minimum Gasteiger partial charge on any atom is -0.456 e. The highest BCUT2D eigenvalue weighted by molar-refractivity contribution is 5.96. The maximum Gasteiger partial charge on any atom is 0.287 e. The van der Waals surface area contributed by atoms with Gasteiger partial charge >= 0.3 is 0 Å². The summed E-state index contributed by atoms with van der Waals surface area (Å²) in [5.41, 5.74) is 0.528. The lowest BCUT2D eigenvalue weighted by Gasteiger charge is -2.32. The van der Waals surface area contributed by atoms with Crippen LogP contribution >= 0.6 is 0 Å². The van der Waals surface area contributed by atoms with Crippen molar-refractivity contribution in [3.63, 3.8) is 0 Å². The largest absolute Gasteiger partial charge is 0.456 e. The Balaban J connectivity index is 1.41. The molecular weight excluding hydrogens is 346 g/mol. The number of rotatable bonds is 5. The molecule has 0 bridgehead atoms. The average Bonchev–Trinajstić information content (AvgIpc) is 3.13. The molecule has 1 aromatic carbocycles. The molecule has 2 N–H and O–H groups in total. The van der Waals surface area contributed by atoms with Crippen LogP contribution in [0, 0.1) is 6.92 Å². The van der Waals surface area contributed by atoms with Crippen LogP contribution in [0.15, 0.2) is 46.9 Å². The SMILES string of the molecule is Cc1ccc(C(=O)NC2CCN(C(=O)CNC(=O)c3ccccc3)CC2)o1. The molecule has 27 heavy (non-hydrogen) atoms. The standard InChI is InChI=1S/C20H23N3O4/c1-14-7-8-17(27-14)20(26)22-16-9-11-23(12-10-16)18(24)13-21-19(25)15-5-3-2-4-6-15/h2-8,16H,9-13H2,1H3,(H,21,25)(H,22,26). The number of carbonyl (C=O) groups is 3. The smallest absolute Gasteiger partial charge is 0.287 e. The van der Waals surface area contributed by atoms with E-state index in [1.807, 2.05) is 6.07 Å². The van der Waals surface area contributed by atoms with Gasteiger partial charge in [0.05, 0.1) is 6.54 Å². The monoisotopic (exact) mass is 369 g/mol. The molecule has 2 heterocycles. The predicted octanol–water partition coefficient (Wildman–Crippen LogP) is 1.74. The van der Waals surface area contributed by atoms with Gasteiger partial charge in [0, 0.05) is 24.7 Å². The molecule has 1 saturated heterocycles. The molecule has 0 radical (unpaired) electrons. The van der Waals surface area contributed by atoms with Crippen molar-refractivity contribution in [2.75, 3.05) is 19.6 Å². The van der Waals surface area contributed by atoms with Gasteiger partial charge in [0.25, 0.3) is 11.8 Å². The van der Waals surface area contributed by atoms with Crippen molar-refractivity contribution in [2.45, 2.75) is 25.8 Å². The highest BCUT2D eigenvalue weighted by Gasteiger charge is 2.25. The van der Waals surface area contributed by atoms with Crippen molar-refractivity contribution >= 4 is 17.7 Å². The van der Waals surface area contributed by atoms with Crippen LogP contribution in [0.1, 0.15) is 39.5 Å². The van der Waals surface area contributed by atoms with E-state index in [-0.39, 0.29) is 30.3 Å². The van der Waals surface area contributed by atoms with Crippen LogP contribution in [-0.4, -0.2) is 48.3 Å². The fraction of sp³-hybridized carbons (Fsp3) is 0.350. The Hall–Kier alpha value is -3.09. The summed E-state index contributed by atoms with van der Waals surface area (Å²) in [7, 11) is 0. The van der Waals surface area contributed by atoms with Gasteiger partial charge in [-0.05, 0) is 44.0 Å². The number of hydrogen-bond acceptors (Lipinski definition) is 4. The molecule has 0 spiro atoms. The molecule has 1 fully saturated rings. The minimum absolute atomic E-state index is 0.00543. The van der Waals surface area contributed by atoms with E-state index < -0.39 is 0 Å². The maximum atomic E-state index is 12.3. The molecule has 1 aromatic heterocycles. The number of piperidine rings is 1. The van der Waals surface area contributed by atoms with Gasteiger partial charge in [-0.1, -0.05) is 18.2 Å². The number of furan rings is 1. The second-order valence-corrected chi connectivity index (χ2v) is 6.59. The molecule has 0 atom stereocenters. The van der Waals surface area contributed by atoms with Gasteiger partial charge in [-0.25, -0.2) is 0 Å². The second kappa shape index (κ2) is 8.53. The third-order valence-electron chi connectivity index (χ3n) is 4.58. The first-order valence-electron chi connectivity index (χ1n) is 9.01. The first-order chi connectivity index (χ1) is 13.0. The fourth-order valence-electron chi connectivity index (χ4n) is 3.05. The normalized spacial score (nSPS) is 14.6. The van der Waals surface area contributed by atoms with Crippen molar-refractivity contribution in [2.24, 2.45) is 0 Å². The van der Waals surface area contributed by atoms with Crippen LogP contribution < -0.4 is 10.6 Å². The van der Waals surface area contributed by atoms with Crippen molar-refractivity contribution in [1.82, 2.24) is 15.5 Å². The molecule has 0 aliphatic carbocycles. The van der Waals surface area contributed by atoms with Gasteiger partial charge in [-0.15, -0.1) is 0 Å². The fourth-order valence-corrected chi connectivity index (χ4v) is 3.05. The molecular formula is C20H23N3O4. The number of benzene rings is 1. The number of amides is 3. The zero-order chi connectivity index (χ0) is 19.2. The Morgan fingerprint density at radius 3 is 2.37 bits per heavy atom. The molecule has 0 unspecified atom stereocenters. The summed E-state index contributed by atoms with van der Waals surface area (Å²) in [6.07, 6.45) is 1.34. The predicted molar refractivity (Wildman–Crippen MR) is 99.3 cm³/mol. The molecule has 7 heteroatoms.